The molecule has 0 radical (unpaired) electrons. The fourth-order valence-corrected chi connectivity index (χ4v) is 3.98. The molecule has 2 aromatic rings. The molecular formula is C15H21N5. The van der Waals surface area contributed by atoms with Gasteiger partial charge >= 0.3 is 0 Å². The van der Waals surface area contributed by atoms with Crippen molar-refractivity contribution >= 4 is 17.1 Å². The number of hydrogen-bond acceptors (Lipinski definition) is 4. The molecule has 4 heterocycles. The highest BCUT2D eigenvalue weighted by atomic mass is 15.3. The van der Waals surface area contributed by atoms with Crippen molar-refractivity contribution in [3.8, 4) is 0 Å². The minimum atomic E-state index is 0.439. The lowest BCUT2D eigenvalue weighted by Gasteiger charge is -2.33. The number of aryl methyl sites for hydroxylation is 1. The van der Waals surface area contributed by atoms with Gasteiger partial charge in [0.2, 0.25) is 5.95 Å². The molecule has 2 unspecified atom stereocenters. The van der Waals surface area contributed by atoms with E-state index in [1.165, 1.54) is 32.4 Å². The molecule has 5 heteroatoms. The lowest BCUT2D eigenvalue weighted by Crippen LogP contribution is -2.38. The molecule has 0 spiro atoms. The molecule has 0 aromatic carbocycles. The molecular weight excluding hydrogens is 250 g/mol. The number of nitrogens with two attached hydrogens (primary N) is 1. The van der Waals surface area contributed by atoms with E-state index >= 15 is 0 Å². The molecule has 0 saturated carbocycles. The second kappa shape index (κ2) is 4.45. The number of hydrogen-bond donors (Lipinski definition) is 1. The number of nitrogens with zero attached hydrogens (tertiary/aromatic N) is 4. The highest BCUT2D eigenvalue weighted by molar-refractivity contribution is 5.77. The largest absolute Gasteiger partial charge is 0.369 e. The minimum Gasteiger partial charge on any atom is -0.369 e. The molecule has 2 atom stereocenters. The zero-order valence-corrected chi connectivity index (χ0v) is 11.9. The van der Waals surface area contributed by atoms with Gasteiger partial charge < -0.3 is 5.73 Å². The topological polar surface area (TPSA) is 60.0 Å². The van der Waals surface area contributed by atoms with Gasteiger partial charge in [0.1, 0.15) is 5.52 Å². The molecule has 0 aliphatic carbocycles. The van der Waals surface area contributed by atoms with Crippen LogP contribution in [0.1, 0.15) is 37.3 Å². The van der Waals surface area contributed by atoms with Crippen LogP contribution in [-0.4, -0.2) is 38.6 Å². The number of nitrogen functional groups attached to an aromatic ring is 1. The van der Waals surface area contributed by atoms with Gasteiger partial charge in [0.15, 0.2) is 5.65 Å². The van der Waals surface area contributed by atoms with Crippen LogP contribution in [0.15, 0.2) is 12.3 Å². The summed E-state index contributed by atoms with van der Waals surface area (Å²) in [6, 6.07) is 3.06. The molecule has 2 aromatic heterocycles. The lowest BCUT2D eigenvalue weighted by atomic mass is 9.99. The van der Waals surface area contributed by atoms with Crippen molar-refractivity contribution < 1.29 is 0 Å². The summed E-state index contributed by atoms with van der Waals surface area (Å²) in [5.41, 5.74) is 9.28. The fourth-order valence-electron chi connectivity index (χ4n) is 3.98. The summed E-state index contributed by atoms with van der Waals surface area (Å²) in [4.78, 5) is 11.7. The summed E-state index contributed by atoms with van der Waals surface area (Å²) in [6.07, 6.45) is 6.96. The summed E-state index contributed by atoms with van der Waals surface area (Å²) in [5, 5.41) is 0. The molecule has 2 fully saturated rings. The van der Waals surface area contributed by atoms with Crippen LogP contribution in [0.4, 0.5) is 5.95 Å². The third-order valence-corrected chi connectivity index (χ3v) is 4.96. The van der Waals surface area contributed by atoms with E-state index < -0.39 is 0 Å². The first-order chi connectivity index (χ1) is 9.75. The van der Waals surface area contributed by atoms with E-state index in [2.05, 4.69) is 26.4 Å². The van der Waals surface area contributed by atoms with Crippen LogP contribution < -0.4 is 5.73 Å². The molecule has 2 aliphatic rings. The minimum absolute atomic E-state index is 0.439. The zero-order chi connectivity index (χ0) is 13.7. The summed E-state index contributed by atoms with van der Waals surface area (Å²) >= 11 is 0. The first-order valence-corrected chi connectivity index (χ1v) is 7.59. The fraction of sp³-hybridized carbons (Fsp3) is 0.600. The smallest absolute Gasteiger partial charge is 0.202 e. The maximum atomic E-state index is 6.22. The van der Waals surface area contributed by atoms with Crippen LogP contribution >= 0.6 is 0 Å². The van der Waals surface area contributed by atoms with Crippen molar-refractivity contribution in [3.63, 3.8) is 0 Å². The standard InChI is InChI=1S/C15H21N5/c1-10-5-7-17-14-13(10)18-15(16)20(14)12-6-9-19-8-3-2-4-11(12)19/h5,7,11-12H,2-4,6,8-9H2,1H3,(H2,16,18). The average molecular weight is 271 g/mol. The van der Waals surface area contributed by atoms with Crippen molar-refractivity contribution in [2.75, 3.05) is 18.8 Å². The lowest BCUT2D eigenvalue weighted by molar-refractivity contribution is 0.175. The van der Waals surface area contributed by atoms with E-state index in [1.807, 2.05) is 12.3 Å². The first-order valence-electron chi connectivity index (χ1n) is 7.59. The normalized spacial score (nSPS) is 27.1. The van der Waals surface area contributed by atoms with Crippen LogP contribution in [0, 0.1) is 6.92 Å². The highest BCUT2D eigenvalue weighted by Gasteiger charge is 2.38. The van der Waals surface area contributed by atoms with Gasteiger partial charge in [0.05, 0.1) is 6.04 Å². The Hall–Kier alpha value is -1.62. The number of anilines is 1. The Morgan fingerprint density at radius 2 is 2.10 bits per heavy atom. The van der Waals surface area contributed by atoms with Crippen LogP contribution in [0.25, 0.3) is 11.2 Å². The number of imidazole rings is 1. The number of pyridine rings is 1. The third kappa shape index (κ3) is 1.66. The zero-order valence-electron chi connectivity index (χ0n) is 11.9. The van der Waals surface area contributed by atoms with Crippen molar-refractivity contribution in [2.24, 2.45) is 0 Å². The van der Waals surface area contributed by atoms with Gasteiger partial charge in [-0.05, 0) is 44.4 Å². The Balaban J connectivity index is 1.82. The van der Waals surface area contributed by atoms with Gasteiger partial charge in [-0.1, -0.05) is 6.42 Å². The molecule has 0 bridgehead atoms. The molecule has 2 N–H and O–H groups in total. The Kier molecular flexibility index (Phi) is 2.70. The molecule has 106 valence electrons. The summed E-state index contributed by atoms with van der Waals surface area (Å²) < 4.78 is 2.19. The molecule has 0 amide bonds. The predicted octanol–water partition coefficient (Wildman–Crippen LogP) is 2.12. The molecule has 2 aliphatic heterocycles. The summed E-state index contributed by atoms with van der Waals surface area (Å²) in [7, 11) is 0. The Labute approximate surface area is 118 Å². The van der Waals surface area contributed by atoms with E-state index in [1.54, 1.807) is 0 Å². The van der Waals surface area contributed by atoms with E-state index in [9.17, 15) is 0 Å². The Bertz CT molecular complexity index is 647. The Morgan fingerprint density at radius 3 is 3.00 bits per heavy atom. The quantitative estimate of drug-likeness (QED) is 0.863. The SMILES string of the molecule is Cc1ccnc2c1nc(N)n2C1CCN2CCCCC12. The summed E-state index contributed by atoms with van der Waals surface area (Å²) in [5.74, 6) is 0.624. The van der Waals surface area contributed by atoms with Crippen molar-refractivity contribution in [2.45, 2.75) is 44.7 Å². The maximum absolute atomic E-state index is 6.22. The molecule has 2 saturated heterocycles. The van der Waals surface area contributed by atoms with E-state index in [0.29, 0.717) is 18.0 Å². The van der Waals surface area contributed by atoms with Gasteiger partial charge in [-0.25, -0.2) is 9.97 Å². The van der Waals surface area contributed by atoms with Gasteiger partial charge in [-0.15, -0.1) is 0 Å². The molecule has 4 rings (SSSR count). The first kappa shape index (κ1) is 12.1. The van der Waals surface area contributed by atoms with Gasteiger partial charge in [0, 0.05) is 18.8 Å². The summed E-state index contributed by atoms with van der Waals surface area (Å²) in [6.45, 7) is 4.49. The van der Waals surface area contributed by atoms with Crippen molar-refractivity contribution in [3.05, 3.63) is 17.8 Å². The average Bonchev–Trinajstić information content (AvgIpc) is 3.00. The maximum Gasteiger partial charge on any atom is 0.202 e. The molecule has 20 heavy (non-hydrogen) atoms. The van der Waals surface area contributed by atoms with E-state index in [0.717, 1.165) is 23.1 Å². The van der Waals surface area contributed by atoms with Crippen molar-refractivity contribution in [1.29, 1.82) is 0 Å². The van der Waals surface area contributed by atoms with Gasteiger partial charge in [0.25, 0.3) is 0 Å². The third-order valence-electron chi connectivity index (χ3n) is 4.96. The van der Waals surface area contributed by atoms with E-state index in [4.69, 9.17) is 5.73 Å². The predicted molar refractivity (Wildman–Crippen MR) is 79.5 cm³/mol. The highest BCUT2D eigenvalue weighted by Crippen LogP contribution is 2.38. The van der Waals surface area contributed by atoms with Crippen LogP contribution in [0.3, 0.4) is 0 Å². The monoisotopic (exact) mass is 271 g/mol. The number of rotatable bonds is 1. The van der Waals surface area contributed by atoms with Crippen molar-refractivity contribution in [1.82, 2.24) is 19.4 Å². The number of piperidine rings is 1. The second-order valence-corrected chi connectivity index (χ2v) is 6.10. The number of fused-ring (bicyclic) bond motifs is 2. The van der Waals surface area contributed by atoms with Gasteiger partial charge in [-0.3, -0.25) is 9.47 Å². The molecule has 5 nitrogen and oxygen atoms in total. The van der Waals surface area contributed by atoms with Crippen LogP contribution in [0.5, 0.6) is 0 Å². The van der Waals surface area contributed by atoms with Crippen LogP contribution in [-0.2, 0) is 0 Å². The van der Waals surface area contributed by atoms with Gasteiger partial charge in [-0.2, -0.15) is 0 Å². The number of aromatic nitrogens is 3. The Morgan fingerprint density at radius 1 is 1.20 bits per heavy atom. The van der Waals surface area contributed by atoms with Crippen LogP contribution in [0.2, 0.25) is 0 Å². The van der Waals surface area contributed by atoms with E-state index in [-0.39, 0.29) is 0 Å². The second-order valence-electron chi connectivity index (χ2n) is 6.10.